The van der Waals surface area contributed by atoms with Crippen LogP contribution in [-0.2, 0) is 31.4 Å². The van der Waals surface area contributed by atoms with Gasteiger partial charge < -0.3 is 13.7 Å². The van der Waals surface area contributed by atoms with Crippen LogP contribution in [-0.4, -0.2) is 51.9 Å². The van der Waals surface area contributed by atoms with E-state index in [1.54, 1.807) is 56.8 Å². The maximum Gasteiger partial charge on any atom is 0.534 e. The van der Waals surface area contributed by atoms with Crippen LogP contribution < -0.4 is 4.18 Å². The summed E-state index contributed by atoms with van der Waals surface area (Å²) in [6, 6.07) is 12.5. The van der Waals surface area contributed by atoms with Gasteiger partial charge in [-0.1, -0.05) is 12.1 Å². The molecule has 0 aliphatic heterocycles. The normalized spacial score (nSPS) is 13.4. The van der Waals surface area contributed by atoms with Crippen molar-refractivity contribution in [1.82, 2.24) is 19.7 Å². The lowest BCUT2D eigenvalue weighted by Gasteiger charge is -2.28. The van der Waals surface area contributed by atoms with Crippen molar-refractivity contribution in [3.05, 3.63) is 59.8 Å². The fraction of sp³-hybridized carbons (Fsp3) is 0.333. The van der Waals surface area contributed by atoms with E-state index in [9.17, 15) is 26.4 Å². The molecule has 0 unspecified atom stereocenters. The molecule has 0 radical (unpaired) electrons. The first kappa shape index (κ1) is 32.3. The maximum absolute atomic E-state index is 13.6. The zero-order chi connectivity index (χ0) is 32.9. The molecule has 15 heteroatoms. The fourth-order valence-corrected chi connectivity index (χ4v) is 6.23. The Bertz CT molecular complexity index is 2030. The van der Waals surface area contributed by atoms with E-state index in [2.05, 4.69) is 10.1 Å². The Balaban J connectivity index is 1.70. The van der Waals surface area contributed by atoms with Gasteiger partial charge in [-0.15, -0.1) is 11.3 Å². The number of benzene rings is 2. The molecule has 0 amide bonds. The average Bonchev–Trinajstić information content (AvgIpc) is 3.54. The number of rotatable bonds is 8. The number of nitrogens with zero attached hydrogens (tertiary/aromatic N) is 4. The first-order valence-corrected chi connectivity index (χ1v) is 15.9. The number of pyridine rings is 1. The van der Waals surface area contributed by atoms with Gasteiger partial charge in [0.2, 0.25) is 0 Å². The van der Waals surface area contributed by atoms with Gasteiger partial charge in [0.1, 0.15) is 5.01 Å². The summed E-state index contributed by atoms with van der Waals surface area (Å²) in [4.78, 5) is 22.4. The van der Waals surface area contributed by atoms with Crippen molar-refractivity contribution in [2.45, 2.75) is 51.8 Å². The summed E-state index contributed by atoms with van der Waals surface area (Å²) in [5.74, 6) is -1.64. The minimum Gasteiger partial charge on any atom is -0.464 e. The highest BCUT2D eigenvalue weighted by atomic mass is 32.2. The fourth-order valence-electron chi connectivity index (χ4n) is 4.69. The van der Waals surface area contributed by atoms with Crippen LogP contribution in [0.15, 0.2) is 48.7 Å². The van der Waals surface area contributed by atoms with E-state index in [0.29, 0.717) is 11.4 Å². The number of fused-ring (bicyclic) bond motifs is 2. The van der Waals surface area contributed by atoms with Gasteiger partial charge in [-0.2, -0.15) is 26.7 Å². The number of halogens is 3. The number of aromatic nitrogens is 4. The standard InChI is InChI=1S/C30H29F3N4O6S2/c1-7-41-28(38)25(42-29(3,4)5)23-16(2)13-21-26(24(23)43-45(39,40)30(31,32)33)44-27(36-21)20-10-8-9-19(35-20)17-11-12-22-18(14-17)15-34-37(22)6/h8-15,25H,7H2,1-6H3/t25-/m0/s1. The summed E-state index contributed by atoms with van der Waals surface area (Å²) in [7, 11) is -4.33. The topological polar surface area (TPSA) is 122 Å². The van der Waals surface area contributed by atoms with E-state index in [1.165, 1.54) is 13.0 Å². The summed E-state index contributed by atoms with van der Waals surface area (Å²) < 4.78 is 83.2. The van der Waals surface area contributed by atoms with Crippen LogP contribution in [0.3, 0.4) is 0 Å². The lowest BCUT2D eigenvalue weighted by Crippen LogP contribution is -2.31. The highest BCUT2D eigenvalue weighted by molar-refractivity contribution is 7.88. The van der Waals surface area contributed by atoms with Crippen molar-refractivity contribution in [3.8, 4) is 27.7 Å². The molecule has 5 aromatic rings. The largest absolute Gasteiger partial charge is 0.534 e. The Morgan fingerprint density at radius 1 is 1.07 bits per heavy atom. The van der Waals surface area contributed by atoms with E-state index in [-0.39, 0.29) is 33.0 Å². The van der Waals surface area contributed by atoms with E-state index in [0.717, 1.165) is 27.8 Å². The van der Waals surface area contributed by atoms with Crippen LogP contribution >= 0.6 is 11.3 Å². The number of hydrogen-bond acceptors (Lipinski definition) is 10. The third-order valence-electron chi connectivity index (χ3n) is 6.60. The zero-order valence-corrected chi connectivity index (χ0v) is 26.7. The molecule has 0 bridgehead atoms. The molecule has 2 aromatic carbocycles. The van der Waals surface area contributed by atoms with E-state index in [4.69, 9.17) is 18.6 Å². The molecule has 45 heavy (non-hydrogen) atoms. The molecule has 0 fully saturated rings. The first-order valence-electron chi connectivity index (χ1n) is 13.7. The molecular formula is C30H29F3N4O6S2. The quantitative estimate of drug-likeness (QED) is 0.0995. The van der Waals surface area contributed by atoms with Gasteiger partial charge >= 0.3 is 21.6 Å². The van der Waals surface area contributed by atoms with Crippen LogP contribution in [0.25, 0.3) is 43.1 Å². The van der Waals surface area contributed by atoms with Gasteiger partial charge in [0.05, 0.1) is 45.5 Å². The SMILES string of the molecule is CCOC(=O)[C@@H](OC(C)(C)C)c1c(C)cc2nc(-c3cccc(-c4ccc5c(cnn5C)c4)n3)sc2c1OS(=O)(=O)C(F)(F)F. The molecule has 238 valence electrons. The molecule has 5 rings (SSSR count). The van der Waals surface area contributed by atoms with Crippen LogP contribution in [0.5, 0.6) is 5.75 Å². The molecule has 0 saturated carbocycles. The second kappa shape index (κ2) is 11.7. The Labute approximate surface area is 260 Å². The van der Waals surface area contributed by atoms with Crippen molar-refractivity contribution < 1.29 is 40.0 Å². The summed E-state index contributed by atoms with van der Waals surface area (Å²) in [5, 5.41) is 5.45. The molecule has 0 aliphatic carbocycles. The predicted molar refractivity (Wildman–Crippen MR) is 163 cm³/mol. The van der Waals surface area contributed by atoms with E-state index < -0.39 is 39.1 Å². The summed E-state index contributed by atoms with van der Waals surface area (Å²) >= 11 is 0.870. The van der Waals surface area contributed by atoms with Gasteiger partial charge in [0, 0.05) is 23.6 Å². The van der Waals surface area contributed by atoms with Crippen molar-refractivity contribution in [2.24, 2.45) is 7.05 Å². The van der Waals surface area contributed by atoms with Crippen LogP contribution in [0, 0.1) is 6.92 Å². The minimum absolute atomic E-state index is 0.0470. The monoisotopic (exact) mass is 662 g/mol. The van der Waals surface area contributed by atoms with E-state index >= 15 is 0 Å². The highest BCUT2D eigenvalue weighted by Crippen LogP contribution is 2.45. The zero-order valence-electron chi connectivity index (χ0n) is 25.1. The summed E-state index contributed by atoms with van der Waals surface area (Å²) in [5.41, 5.74) is -3.87. The van der Waals surface area contributed by atoms with Gasteiger partial charge in [0.25, 0.3) is 0 Å². The Hall–Kier alpha value is -4.08. The van der Waals surface area contributed by atoms with E-state index in [1.807, 2.05) is 25.2 Å². The predicted octanol–water partition coefficient (Wildman–Crippen LogP) is 6.87. The van der Waals surface area contributed by atoms with Crippen molar-refractivity contribution in [1.29, 1.82) is 0 Å². The maximum atomic E-state index is 13.6. The lowest BCUT2D eigenvalue weighted by molar-refractivity contribution is -0.167. The molecule has 3 heterocycles. The lowest BCUT2D eigenvalue weighted by atomic mass is 10.00. The van der Waals surface area contributed by atoms with Gasteiger partial charge in [-0.05, 0) is 70.5 Å². The minimum atomic E-state index is -6.16. The number of ether oxygens (including phenoxy) is 2. The average molecular weight is 663 g/mol. The number of aryl methyl sites for hydroxylation is 2. The van der Waals surface area contributed by atoms with Crippen LogP contribution in [0.4, 0.5) is 13.2 Å². The van der Waals surface area contributed by atoms with Gasteiger partial charge in [-0.3, -0.25) is 4.68 Å². The second-order valence-corrected chi connectivity index (χ2v) is 13.6. The summed E-state index contributed by atoms with van der Waals surface area (Å²) in [6.45, 7) is 7.90. The smallest absolute Gasteiger partial charge is 0.464 e. The molecule has 10 nitrogen and oxygen atoms in total. The number of thiazole rings is 1. The number of alkyl halides is 3. The van der Waals surface area contributed by atoms with Gasteiger partial charge in [-0.25, -0.2) is 14.8 Å². The van der Waals surface area contributed by atoms with Crippen LogP contribution in [0.2, 0.25) is 0 Å². The molecular weight excluding hydrogens is 633 g/mol. The third kappa shape index (κ3) is 6.51. The summed E-state index contributed by atoms with van der Waals surface area (Å²) in [6.07, 6.45) is 0.127. The van der Waals surface area contributed by atoms with Crippen molar-refractivity contribution in [2.75, 3.05) is 6.61 Å². The second-order valence-electron chi connectivity index (χ2n) is 11.1. The Morgan fingerprint density at radius 2 is 1.78 bits per heavy atom. The Kier molecular flexibility index (Phi) is 8.40. The molecule has 3 aromatic heterocycles. The van der Waals surface area contributed by atoms with Crippen molar-refractivity contribution in [3.63, 3.8) is 0 Å². The van der Waals surface area contributed by atoms with Crippen molar-refractivity contribution >= 4 is 48.5 Å². The van der Waals surface area contributed by atoms with Gasteiger partial charge in [0.15, 0.2) is 11.9 Å². The van der Waals surface area contributed by atoms with Crippen LogP contribution in [0.1, 0.15) is 44.9 Å². The number of carbonyl (C=O) groups excluding carboxylic acids is 1. The Morgan fingerprint density at radius 3 is 2.44 bits per heavy atom. The highest BCUT2D eigenvalue weighted by Gasteiger charge is 2.50. The number of carbonyl (C=O) groups is 1. The molecule has 0 saturated heterocycles. The number of hydrogen-bond donors (Lipinski definition) is 0. The first-order chi connectivity index (χ1) is 21.0. The molecule has 0 N–H and O–H groups in total. The molecule has 1 atom stereocenters. The number of esters is 1. The molecule has 0 aliphatic rings. The molecule has 0 spiro atoms. The third-order valence-corrected chi connectivity index (χ3v) is 8.65.